The third-order valence-corrected chi connectivity index (χ3v) is 5.51. The largest absolute Gasteiger partial charge is 0.492 e. The number of Topliss-reactive ketones (excluding diaryl/α,β-unsaturated/α-hetero) is 1. The van der Waals surface area contributed by atoms with Gasteiger partial charge < -0.3 is 15.8 Å². The minimum absolute atomic E-state index is 0.0774. The van der Waals surface area contributed by atoms with Crippen molar-refractivity contribution in [2.75, 3.05) is 18.2 Å². The van der Waals surface area contributed by atoms with Gasteiger partial charge in [0.05, 0.1) is 17.7 Å². The number of nitrogens with two attached hydrogens (primary N) is 1. The van der Waals surface area contributed by atoms with E-state index in [1.165, 1.54) is 24.2 Å². The molecule has 4 nitrogen and oxygen atoms in total. The van der Waals surface area contributed by atoms with Crippen molar-refractivity contribution in [3.63, 3.8) is 0 Å². The second kappa shape index (κ2) is 6.26. The Balaban J connectivity index is 2.15. The summed E-state index contributed by atoms with van der Waals surface area (Å²) in [4.78, 5) is 12.6. The molecular weight excluding hydrogens is 284 g/mol. The van der Waals surface area contributed by atoms with E-state index in [0.717, 1.165) is 17.8 Å². The first-order valence-corrected chi connectivity index (χ1v) is 8.45. The molecule has 1 aliphatic rings. The fourth-order valence-corrected chi connectivity index (χ4v) is 4.00. The number of thiophene rings is 1. The molecule has 0 unspecified atom stereocenters. The Morgan fingerprint density at radius 3 is 2.57 bits per heavy atom. The van der Waals surface area contributed by atoms with E-state index in [1.807, 2.05) is 6.92 Å². The molecule has 0 aliphatic heterocycles. The third kappa shape index (κ3) is 3.51. The van der Waals surface area contributed by atoms with Crippen molar-refractivity contribution in [3.05, 3.63) is 4.88 Å². The molecule has 0 spiro atoms. The summed E-state index contributed by atoms with van der Waals surface area (Å²) in [6, 6.07) is 0.439. The van der Waals surface area contributed by atoms with Crippen molar-refractivity contribution in [1.29, 1.82) is 0 Å². The lowest BCUT2D eigenvalue weighted by Crippen LogP contribution is -2.29. The maximum atomic E-state index is 11.9. The molecule has 1 aromatic heterocycles. The van der Waals surface area contributed by atoms with Crippen LogP contribution in [0.5, 0.6) is 5.75 Å². The van der Waals surface area contributed by atoms with Gasteiger partial charge in [0.15, 0.2) is 11.5 Å². The number of anilines is 2. The number of ether oxygens (including phenoxy) is 1. The predicted octanol–water partition coefficient (Wildman–Crippen LogP) is 4.31. The highest BCUT2D eigenvalue weighted by Gasteiger charge is 2.28. The highest BCUT2D eigenvalue weighted by molar-refractivity contribution is 7.19. The van der Waals surface area contributed by atoms with Gasteiger partial charge in [0.1, 0.15) is 5.00 Å². The van der Waals surface area contributed by atoms with Gasteiger partial charge >= 0.3 is 0 Å². The summed E-state index contributed by atoms with van der Waals surface area (Å²) in [6.07, 6.45) is 5.18. The lowest BCUT2D eigenvalue weighted by Gasteiger charge is -2.34. The molecule has 21 heavy (non-hydrogen) atoms. The molecule has 1 heterocycles. The number of nitrogen functional groups attached to an aromatic ring is 1. The SMILES string of the molecule is CCC(=O)c1sc(NC2CCC(C)(C)CC2)c(OC)c1N. The lowest BCUT2D eigenvalue weighted by molar-refractivity contribution is 0.0992. The maximum absolute atomic E-state index is 11.9. The summed E-state index contributed by atoms with van der Waals surface area (Å²) < 4.78 is 5.40. The highest BCUT2D eigenvalue weighted by atomic mass is 32.1. The summed E-state index contributed by atoms with van der Waals surface area (Å²) in [6.45, 7) is 6.50. The molecule has 2 rings (SSSR count). The smallest absolute Gasteiger partial charge is 0.176 e. The fraction of sp³-hybridized carbons (Fsp3) is 0.688. The first-order chi connectivity index (χ1) is 9.88. The summed E-state index contributed by atoms with van der Waals surface area (Å²) in [5.74, 6) is 0.704. The van der Waals surface area contributed by atoms with Crippen LogP contribution in [-0.2, 0) is 0 Å². The molecule has 1 saturated carbocycles. The van der Waals surface area contributed by atoms with E-state index in [9.17, 15) is 4.79 Å². The van der Waals surface area contributed by atoms with Crippen molar-refractivity contribution in [1.82, 2.24) is 0 Å². The van der Waals surface area contributed by atoms with E-state index in [0.29, 0.717) is 34.2 Å². The van der Waals surface area contributed by atoms with Crippen LogP contribution in [0, 0.1) is 5.41 Å². The summed E-state index contributed by atoms with van der Waals surface area (Å²) in [7, 11) is 1.60. The molecule has 0 atom stereocenters. The molecule has 0 amide bonds. The normalized spacial score (nSPS) is 18.5. The summed E-state index contributed by atoms with van der Waals surface area (Å²) in [5.41, 5.74) is 6.99. The highest BCUT2D eigenvalue weighted by Crippen LogP contribution is 2.45. The topological polar surface area (TPSA) is 64.3 Å². The number of ketones is 1. The van der Waals surface area contributed by atoms with E-state index in [1.54, 1.807) is 7.11 Å². The Labute approximate surface area is 131 Å². The average Bonchev–Trinajstić information content (AvgIpc) is 2.76. The number of carbonyl (C=O) groups is 1. The van der Waals surface area contributed by atoms with Crippen molar-refractivity contribution >= 4 is 27.8 Å². The molecule has 1 fully saturated rings. The lowest BCUT2D eigenvalue weighted by atomic mass is 9.75. The van der Waals surface area contributed by atoms with Crippen LogP contribution in [0.3, 0.4) is 0 Å². The van der Waals surface area contributed by atoms with Crippen molar-refractivity contribution in [2.45, 2.75) is 58.9 Å². The van der Waals surface area contributed by atoms with Crippen LogP contribution in [-0.4, -0.2) is 18.9 Å². The number of methoxy groups -OCH3 is 1. The zero-order chi connectivity index (χ0) is 15.6. The van der Waals surface area contributed by atoms with Crippen LogP contribution in [0.4, 0.5) is 10.7 Å². The minimum Gasteiger partial charge on any atom is -0.492 e. The number of hydrogen-bond acceptors (Lipinski definition) is 5. The Hall–Kier alpha value is -1.23. The van der Waals surface area contributed by atoms with Crippen molar-refractivity contribution in [3.8, 4) is 5.75 Å². The molecule has 1 aromatic rings. The molecule has 0 aromatic carbocycles. The van der Waals surface area contributed by atoms with E-state index in [-0.39, 0.29) is 5.78 Å². The molecular formula is C16H26N2O2S. The number of rotatable bonds is 5. The summed E-state index contributed by atoms with van der Waals surface area (Å²) >= 11 is 1.43. The van der Waals surface area contributed by atoms with Crippen molar-refractivity contribution in [2.24, 2.45) is 5.41 Å². The van der Waals surface area contributed by atoms with Gasteiger partial charge in [-0.2, -0.15) is 0 Å². The molecule has 1 aliphatic carbocycles. The predicted molar refractivity (Wildman–Crippen MR) is 89.6 cm³/mol. The minimum atomic E-state index is 0.0774. The van der Waals surface area contributed by atoms with Gasteiger partial charge in [0, 0.05) is 12.5 Å². The van der Waals surface area contributed by atoms with Gasteiger partial charge in [0.25, 0.3) is 0 Å². The molecule has 3 N–H and O–H groups in total. The average molecular weight is 310 g/mol. The second-order valence-corrected chi connectivity index (χ2v) is 7.59. The number of hydrogen-bond donors (Lipinski definition) is 2. The van der Waals surface area contributed by atoms with Crippen LogP contribution >= 0.6 is 11.3 Å². The number of nitrogens with one attached hydrogen (secondary N) is 1. The van der Waals surface area contributed by atoms with Crippen LogP contribution in [0.2, 0.25) is 0 Å². The Kier molecular flexibility index (Phi) is 4.81. The van der Waals surface area contributed by atoms with Crippen LogP contribution in [0.1, 0.15) is 62.5 Å². The zero-order valence-corrected chi connectivity index (χ0v) is 14.2. The third-order valence-electron chi connectivity index (χ3n) is 4.35. The first kappa shape index (κ1) is 16.1. The number of carbonyl (C=O) groups excluding carboxylic acids is 1. The van der Waals surface area contributed by atoms with Gasteiger partial charge in [-0.1, -0.05) is 20.8 Å². The van der Waals surface area contributed by atoms with Gasteiger partial charge in [-0.3, -0.25) is 4.79 Å². The van der Waals surface area contributed by atoms with Gasteiger partial charge in [-0.25, -0.2) is 0 Å². The van der Waals surface area contributed by atoms with Crippen LogP contribution < -0.4 is 15.8 Å². The molecule has 118 valence electrons. The van der Waals surface area contributed by atoms with Crippen molar-refractivity contribution < 1.29 is 9.53 Å². The molecule has 0 bridgehead atoms. The quantitative estimate of drug-likeness (QED) is 0.795. The standard InChI is InChI=1S/C16H26N2O2S/c1-5-11(19)14-12(17)13(20-4)15(21-14)18-10-6-8-16(2,3)9-7-10/h10,18H,5-9,17H2,1-4H3. The maximum Gasteiger partial charge on any atom is 0.176 e. The monoisotopic (exact) mass is 310 g/mol. The van der Waals surface area contributed by atoms with E-state index < -0.39 is 0 Å². The van der Waals surface area contributed by atoms with Gasteiger partial charge in [-0.05, 0) is 31.1 Å². The molecule has 0 radical (unpaired) electrons. The summed E-state index contributed by atoms with van der Waals surface area (Å²) in [5, 5.41) is 4.44. The second-order valence-electron chi connectivity index (χ2n) is 6.57. The molecule has 0 saturated heterocycles. The Bertz CT molecular complexity index is 513. The van der Waals surface area contributed by atoms with E-state index in [2.05, 4.69) is 19.2 Å². The Morgan fingerprint density at radius 1 is 1.43 bits per heavy atom. The molecule has 5 heteroatoms. The fourth-order valence-electron chi connectivity index (χ4n) is 2.82. The van der Waals surface area contributed by atoms with Crippen LogP contribution in [0.25, 0.3) is 0 Å². The Morgan fingerprint density at radius 2 is 2.05 bits per heavy atom. The zero-order valence-electron chi connectivity index (χ0n) is 13.4. The van der Waals surface area contributed by atoms with Gasteiger partial charge in [0.2, 0.25) is 0 Å². The van der Waals surface area contributed by atoms with E-state index in [4.69, 9.17) is 10.5 Å². The van der Waals surface area contributed by atoms with Gasteiger partial charge in [-0.15, -0.1) is 11.3 Å². The first-order valence-electron chi connectivity index (χ1n) is 7.64. The van der Waals surface area contributed by atoms with E-state index >= 15 is 0 Å². The van der Waals surface area contributed by atoms with Crippen LogP contribution in [0.15, 0.2) is 0 Å².